The number of carbonyl (C=O) groups is 1. The normalized spacial score (nSPS) is 14.5. The maximum atomic E-state index is 12.8. The highest BCUT2D eigenvalue weighted by Gasteiger charge is 2.23. The lowest BCUT2D eigenvalue weighted by atomic mass is 10.2. The minimum Gasteiger partial charge on any atom is -0.495 e. The predicted octanol–water partition coefficient (Wildman–Crippen LogP) is 3.65. The number of rotatable bonds is 4. The van der Waals surface area contributed by atoms with Crippen molar-refractivity contribution in [3.63, 3.8) is 0 Å². The van der Waals surface area contributed by atoms with Crippen molar-refractivity contribution in [1.29, 1.82) is 0 Å². The smallest absolute Gasteiger partial charge is 0.244 e. The highest BCUT2D eigenvalue weighted by molar-refractivity contribution is 14.1. The topological polar surface area (TPSA) is 50.6 Å². The van der Waals surface area contributed by atoms with Crippen molar-refractivity contribution >= 4 is 56.7 Å². The van der Waals surface area contributed by atoms with Crippen LogP contribution in [-0.4, -0.2) is 53.9 Å². The molecule has 1 amide bonds. The van der Waals surface area contributed by atoms with Gasteiger partial charge in [-0.1, -0.05) is 29.8 Å². The minimum absolute atomic E-state index is 0.0954. The van der Waals surface area contributed by atoms with E-state index < -0.39 is 0 Å². The fourth-order valence-electron chi connectivity index (χ4n) is 3.49. The highest BCUT2D eigenvalue weighted by atomic mass is 127. The number of benzene rings is 2. The third kappa shape index (κ3) is 3.77. The van der Waals surface area contributed by atoms with Crippen LogP contribution < -0.4 is 9.64 Å². The summed E-state index contributed by atoms with van der Waals surface area (Å²) in [6, 6.07) is 13.8. The Morgan fingerprint density at radius 2 is 1.93 bits per heavy atom. The molecule has 2 heterocycles. The number of anilines is 1. The first kappa shape index (κ1) is 19.3. The largest absolute Gasteiger partial charge is 0.495 e. The quantitative estimate of drug-likeness (QED) is 0.503. The molecule has 1 saturated heterocycles. The zero-order valence-electron chi connectivity index (χ0n) is 15.4. The Labute approximate surface area is 182 Å². The lowest BCUT2D eigenvalue weighted by molar-refractivity contribution is -0.132. The average molecular weight is 511 g/mol. The first-order valence-corrected chi connectivity index (χ1v) is 10.5. The van der Waals surface area contributed by atoms with Crippen molar-refractivity contribution < 1.29 is 9.53 Å². The Morgan fingerprint density at radius 1 is 1.18 bits per heavy atom. The third-order valence-electron chi connectivity index (χ3n) is 5.03. The van der Waals surface area contributed by atoms with Gasteiger partial charge in [0.05, 0.1) is 17.6 Å². The van der Waals surface area contributed by atoms with E-state index in [1.54, 1.807) is 11.8 Å². The van der Waals surface area contributed by atoms with Gasteiger partial charge in [-0.2, -0.15) is 5.10 Å². The Morgan fingerprint density at radius 3 is 2.68 bits per heavy atom. The Balaban J connectivity index is 1.41. The number of carbonyl (C=O) groups excluding carboxylic acids is 1. The van der Waals surface area contributed by atoms with Gasteiger partial charge in [0.2, 0.25) is 5.91 Å². The van der Waals surface area contributed by atoms with Gasteiger partial charge >= 0.3 is 0 Å². The summed E-state index contributed by atoms with van der Waals surface area (Å²) in [7, 11) is 1.61. The number of piperazine rings is 1. The molecule has 0 radical (unpaired) electrons. The molecule has 0 atom stereocenters. The number of halogens is 2. The van der Waals surface area contributed by atoms with Gasteiger partial charge in [-0.25, -0.2) is 0 Å². The van der Waals surface area contributed by atoms with E-state index in [0.29, 0.717) is 23.9 Å². The molecule has 1 aliphatic heterocycles. The Hall–Kier alpha value is -2.00. The van der Waals surface area contributed by atoms with E-state index in [1.165, 1.54) is 0 Å². The van der Waals surface area contributed by atoms with E-state index in [9.17, 15) is 4.79 Å². The minimum atomic E-state index is 0.0954. The van der Waals surface area contributed by atoms with Crippen LogP contribution in [0.1, 0.15) is 0 Å². The molecule has 1 aromatic heterocycles. The van der Waals surface area contributed by atoms with Gasteiger partial charge in [0.1, 0.15) is 16.0 Å². The van der Waals surface area contributed by atoms with Gasteiger partial charge in [0.25, 0.3) is 0 Å². The fraction of sp³-hybridized carbons (Fsp3) is 0.300. The van der Waals surface area contributed by atoms with Gasteiger partial charge < -0.3 is 14.5 Å². The van der Waals surface area contributed by atoms with Gasteiger partial charge in [0.15, 0.2) is 0 Å². The van der Waals surface area contributed by atoms with Crippen LogP contribution in [0.4, 0.5) is 5.69 Å². The number of methoxy groups -OCH3 is 1. The molecule has 146 valence electrons. The monoisotopic (exact) mass is 510 g/mol. The molecule has 28 heavy (non-hydrogen) atoms. The molecule has 0 aliphatic carbocycles. The van der Waals surface area contributed by atoms with Crippen molar-refractivity contribution in [2.45, 2.75) is 6.54 Å². The molecular formula is C20H20ClIN4O2. The molecular weight excluding hydrogens is 491 g/mol. The number of nitrogens with zero attached hydrogens (tertiary/aromatic N) is 4. The average Bonchev–Trinajstić information content (AvgIpc) is 3.04. The van der Waals surface area contributed by atoms with Crippen LogP contribution >= 0.6 is 34.2 Å². The first-order chi connectivity index (χ1) is 13.6. The zero-order chi connectivity index (χ0) is 19.7. The van der Waals surface area contributed by atoms with Crippen molar-refractivity contribution in [2.75, 3.05) is 38.2 Å². The molecule has 0 spiro atoms. The van der Waals surface area contributed by atoms with Crippen LogP contribution in [0.25, 0.3) is 10.9 Å². The number of fused-ring (bicyclic) bond motifs is 1. The summed E-state index contributed by atoms with van der Waals surface area (Å²) in [6.07, 6.45) is 0. The summed E-state index contributed by atoms with van der Waals surface area (Å²) in [6.45, 7) is 3.17. The summed E-state index contributed by atoms with van der Waals surface area (Å²) in [5.41, 5.74) is 2.05. The summed E-state index contributed by atoms with van der Waals surface area (Å²) in [5.74, 6) is 0.760. The molecule has 0 bridgehead atoms. The van der Waals surface area contributed by atoms with E-state index in [1.807, 2.05) is 47.4 Å². The Bertz CT molecular complexity index is 1010. The lowest BCUT2D eigenvalue weighted by Crippen LogP contribution is -2.49. The maximum absolute atomic E-state index is 12.8. The summed E-state index contributed by atoms with van der Waals surface area (Å²) < 4.78 is 8.03. The van der Waals surface area contributed by atoms with Crippen LogP contribution in [0.15, 0.2) is 42.5 Å². The zero-order valence-corrected chi connectivity index (χ0v) is 18.4. The summed E-state index contributed by atoms with van der Waals surface area (Å²) in [4.78, 5) is 17.0. The predicted molar refractivity (Wildman–Crippen MR) is 119 cm³/mol. The number of hydrogen-bond acceptors (Lipinski definition) is 4. The standard InChI is InChI=1S/C20H20ClIN4O2/c1-28-18-12-14(6-7-16(18)21)24-8-10-25(11-9-24)19(27)13-26-17-5-3-2-4-15(17)20(22)23-26/h2-7,12H,8-11,13H2,1H3. The van der Waals surface area contributed by atoms with Crippen molar-refractivity contribution in [1.82, 2.24) is 14.7 Å². The van der Waals surface area contributed by atoms with Crippen LogP contribution in [0.2, 0.25) is 5.02 Å². The third-order valence-corrected chi connectivity index (χ3v) is 6.14. The van der Waals surface area contributed by atoms with E-state index in [4.69, 9.17) is 16.3 Å². The molecule has 2 aromatic carbocycles. The van der Waals surface area contributed by atoms with Gasteiger partial charge in [-0.3, -0.25) is 9.48 Å². The van der Waals surface area contributed by atoms with Crippen LogP contribution in [0, 0.1) is 3.70 Å². The number of ether oxygens (including phenoxy) is 1. The molecule has 0 saturated carbocycles. The van der Waals surface area contributed by atoms with Crippen LogP contribution in [0.3, 0.4) is 0 Å². The van der Waals surface area contributed by atoms with Gasteiger partial charge in [-0.05, 0) is 40.8 Å². The SMILES string of the molecule is COc1cc(N2CCN(C(=O)Cn3nc(I)c4ccccc43)CC2)ccc1Cl. The molecule has 3 aromatic rings. The molecule has 6 nitrogen and oxygen atoms in total. The second-order valence-electron chi connectivity index (χ2n) is 6.65. The van der Waals surface area contributed by atoms with Gasteiger partial charge in [-0.15, -0.1) is 0 Å². The highest BCUT2D eigenvalue weighted by Crippen LogP contribution is 2.30. The van der Waals surface area contributed by atoms with Crippen molar-refractivity contribution in [2.24, 2.45) is 0 Å². The summed E-state index contributed by atoms with van der Waals surface area (Å²) >= 11 is 8.33. The number of amides is 1. The Kier molecular flexibility index (Phi) is 5.63. The first-order valence-electron chi connectivity index (χ1n) is 9.04. The second-order valence-corrected chi connectivity index (χ2v) is 8.08. The van der Waals surface area contributed by atoms with E-state index in [0.717, 1.165) is 33.4 Å². The molecule has 0 unspecified atom stereocenters. The lowest BCUT2D eigenvalue weighted by Gasteiger charge is -2.36. The number of para-hydroxylation sites is 1. The van der Waals surface area contributed by atoms with Crippen molar-refractivity contribution in [3.8, 4) is 5.75 Å². The number of aromatic nitrogens is 2. The van der Waals surface area contributed by atoms with E-state index in [-0.39, 0.29) is 12.5 Å². The van der Waals surface area contributed by atoms with E-state index in [2.05, 4.69) is 32.6 Å². The molecule has 0 N–H and O–H groups in total. The second kappa shape index (κ2) is 8.16. The fourth-order valence-corrected chi connectivity index (χ4v) is 4.41. The molecule has 1 aliphatic rings. The molecule has 1 fully saturated rings. The molecule has 8 heteroatoms. The van der Waals surface area contributed by atoms with Gasteiger partial charge in [0, 0.05) is 43.3 Å². The van der Waals surface area contributed by atoms with Crippen LogP contribution in [0.5, 0.6) is 5.75 Å². The maximum Gasteiger partial charge on any atom is 0.244 e. The van der Waals surface area contributed by atoms with Crippen LogP contribution in [-0.2, 0) is 11.3 Å². The van der Waals surface area contributed by atoms with E-state index >= 15 is 0 Å². The van der Waals surface area contributed by atoms with Crippen molar-refractivity contribution in [3.05, 3.63) is 51.2 Å². The number of hydrogen-bond donors (Lipinski definition) is 0. The molecule has 4 rings (SSSR count). The summed E-state index contributed by atoms with van der Waals surface area (Å²) in [5, 5.41) is 6.21.